The van der Waals surface area contributed by atoms with Crippen molar-refractivity contribution in [1.29, 1.82) is 0 Å². The molecule has 21 heavy (non-hydrogen) atoms. The number of alkyl halides is 3. The molecular weight excluding hydrogens is 287 g/mol. The molecule has 8 heteroatoms. The van der Waals surface area contributed by atoms with Crippen LogP contribution in [0, 0.1) is 6.92 Å². The molecule has 0 aliphatic carbocycles. The maximum Gasteiger partial charge on any atom is 0.416 e. The van der Waals surface area contributed by atoms with Gasteiger partial charge in [-0.05, 0) is 24.6 Å². The van der Waals surface area contributed by atoms with Gasteiger partial charge < -0.3 is 5.73 Å². The molecule has 2 aromatic rings. The summed E-state index contributed by atoms with van der Waals surface area (Å²) < 4.78 is 39.9. The van der Waals surface area contributed by atoms with E-state index < -0.39 is 23.0 Å². The molecule has 3 N–H and O–H groups in total. The number of nitrogens with one attached hydrogen (secondary N) is 1. The summed E-state index contributed by atoms with van der Waals surface area (Å²) >= 11 is 0. The molecule has 0 aliphatic rings. The number of benzene rings is 1. The predicted molar refractivity (Wildman–Crippen MR) is 71.0 cm³/mol. The minimum atomic E-state index is -4.58. The summed E-state index contributed by atoms with van der Waals surface area (Å²) in [5, 5.41) is 0. The van der Waals surface area contributed by atoms with Gasteiger partial charge in [-0.1, -0.05) is 6.07 Å². The number of H-pyrrole nitrogens is 1. The van der Waals surface area contributed by atoms with E-state index in [1.54, 1.807) is 0 Å². The number of rotatable bonds is 2. The van der Waals surface area contributed by atoms with E-state index in [0.717, 1.165) is 10.6 Å². The fraction of sp³-hybridized carbons (Fsp3) is 0.231. The second-order valence-electron chi connectivity index (χ2n) is 4.61. The van der Waals surface area contributed by atoms with Gasteiger partial charge in [0.2, 0.25) is 0 Å². The van der Waals surface area contributed by atoms with E-state index in [4.69, 9.17) is 5.73 Å². The van der Waals surface area contributed by atoms with Crippen LogP contribution in [-0.4, -0.2) is 9.55 Å². The molecule has 0 radical (unpaired) electrons. The first-order chi connectivity index (χ1) is 9.68. The van der Waals surface area contributed by atoms with Crippen molar-refractivity contribution in [2.24, 2.45) is 0 Å². The fourth-order valence-electron chi connectivity index (χ4n) is 1.92. The number of aromatic nitrogens is 2. The second-order valence-corrected chi connectivity index (χ2v) is 4.61. The quantitative estimate of drug-likeness (QED) is 0.824. The maximum atomic E-state index is 13.0. The molecular formula is C13H12F3N3O2. The first kappa shape index (κ1) is 14.9. The van der Waals surface area contributed by atoms with Crippen molar-refractivity contribution in [2.75, 3.05) is 5.73 Å². The van der Waals surface area contributed by atoms with Crippen LogP contribution in [0.2, 0.25) is 0 Å². The number of aryl methyl sites for hydroxylation is 1. The standard InChI is InChI=1S/C13H12F3N3O2/c1-7-5-19(12(21)18-11(7)20)6-8-2-3-9(17)4-10(8)13(14,15)16/h2-5H,6,17H2,1H3,(H,18,20,21). The highest BCUT2D eigenvalue weighted by Gasteiger charge is 2.33. The highest BCUT2D eigenvalue weighted by Crippen LogP contribution is 2.33. The molecule has 0 aliphatic heterocycles. The summed E-state index contributed by atoms with van der Waals surface area (Å²) in [6.45, 7) is 1.15. The van der Waals surface area contributed by atoms with Crippen LogP contribution in [0.1, 0.15) is 16.7 Å². The minimum absolute atomic E-state index is 0.0175. The molecule has 0 atom stereocenters. The molecule has 0 saturated carbocycles. The summed E-state index contributed by atoms with van der Waals surface area (Å²) in [7, 11) is 0. The summed E-state index contributed by atoms with van der Waals surface area (Å²) in [5.41, 5.74) is 3.25. The molecule has 0 spiro atoms. The molecule has 0 fully saturated rings. The summed E-state index contributed by atoms with van der Waals surface area (Å²) in [6, 6.07) is 3.36. The van der Waals surface area contributed by atoms with E-state index in [9.17, 15) is 22.8 Å². The Labute approximate surface area is 116 Å². The van der Waals surface area contributed by atoms with E-state index in [1.807, 2.05) is 4.98 Å². The average molecular weight is 299 g/mol. The highest BCUT2D eigenvalue weighted by atomic mass is 19.4. The highest BCUT2D eigenvalue weighted by molar-refractivity contribution is 5.46. The smallest absolute Gasteiger partial charge is 0.399 e. The zero-order valence-corrected chi connectivity index (χ0v) is 11.0. The third-order valence-corrected chi connectivity index (χ3v) is 2.97. The number of aromatic amines is 1. The molecule has 112 valence electrons. The third kappa shape index (κ3) is 3.15. The van der Waals surface area contributed by atoms with Gasteiger partial charge in [-0.2, -0.15) is 13.2 Å². The lowest BCUT2D eigenvalue weighted by molar-refractivity contribution is -0.138. The summed E-state index contributed by atoms with van der Waals surface area (Å²) in [5.74, 6) is 0. The zero-order chi connectivity index (χ0) is 15.8. The van der Waals surface area contributed by atoms with Gasteiger partial charge in [0.1, 0.15) is 0 Å². The number of hydrogen-bond donors (Lipinski definition) is 2. The monoisotopic (exact) mass is 299 g/mol. The summed E-state index contributed by atoms with van der Waals surface area (Å²) in [6.07, 6.45) is -3.36. The van der Waals surface area contributed by atoms with E-state index in [-0.39, 0.29) is 23.4 Å². The summed E-state index contributed by atoms with van der Waals surface area (Å²) in [4.78, 5) is 24.9. The van der Waals surface area contributed by atoms with Crippen molar-refractivity contribution in [1.82, 2.24) is 9.55 Å². The van der Waals surface area contributed by atoms with Crippen molar-refractivity contribution in [2.45, 2.75) is 19.6 Å². The lowest BCUT2D eigenvalue weighted by Crippen LogP contribution is -2.31. The Hall–Kier alpha value is -2.51. The Morgan fingerprint density at radius 2 is 1.95 bits per heavy atom. The van der Waals surface area contributed by atoms with Crippen molar-refractivity contribution in [3.05, 3.63) is 61.9 Å². The van der Waals surface area contributed by atoms with E-state index >= 15 is 0 Å². The molecule has 0 saturated heterocycles. The predicted octanol–water partition coefficient (Wildman–Crippen LogP) is 1.49. The van der Waals surface area contributed by atoms with Crippen LogP contribution in [0.3, 0.4) is 0 Å². The second kappa shape index (κ2) is 5.12. The van der Waals surface area contributed by atoms with Crippen LogP contribution < -0.4 is 17.0 Å². The van der Waals surface area contributed by atoms with Gasteiger partial charge in [-0.3, -0.25) is 14.3 Å². The number of anilines is 1. The number of nitrogens with zero attached hydrogens (tertiary/aromatic N) is 1. The van der Waals surface area contributed by atoms with Gasteiger partial charge in [0.05, 0.1) is 12.1 Å². The van der Waals surface area contributed by atoms with Crippen LogP contribution in [0.4, 0.5) is 18.9 Å². The van der Waals surface area contributed by atoms with Gasteiger partial charge in [0, 0.05) is 17.4 Å². The Morgan fingerprint density at radius 1 is 1.29 bits per heavy atom. The molecule has 1 aromatic heterocycles. The Morgan fingerprint density at radius 3 is 2.57 bits per heavy atom. The van der Waals surface area contributed by atoms with Gasteiger partial charge in [0.25, 0.3) is 5.56 Å². The molecule has 1 heterocycles. The molecule has 0 unspecified atom stereocenters. The molecule has 0 bridgehead atoms. The third-order valence-electron chi connectivity index (χ3n) is 2.97. The normalized spacial score (nSPS) is 11.6. The maximum absolute atomic E-state index is 13.0. The van der Waals surface area contributed by atoms with E-state index in [1.165, 1.54) is 25.3 Å². The van der Waals surface area contributed by atoms with Crippen LogP contribution in [-0.2, 0) is 12.7 Å². The van der Waals surface area contributed by atoms with E-state index in [2.05, 4.69) is 0 Å². The topological polar surface area (TPSA) is 80.9 Å². The fourth-order valence-corrected chi connectivity index (χ4v) is 1.92. The lowest BCUT2D eigenvalue weighted by atomic mass is 10.1. The number of halogens is 3. The molecule has 2 rings (SSSR count). The SMILES string of the molecule is Cc1cn(Cc2ccc(N)cc2C(F)(F)F)c(=O)[nH]c1=O. The average Bonchev–Trinajstić information content (AvgIpc) is 2.36. The zero-order valence-electron chi connectivity index (χ0n) is 11.0. The molecule has 5 nitrogen and oxygen atoms in total. The number of hydrogen-bond acceptors (Lipinski definition) is 3. The first-order valence-corrected chi connectivity index (χ1v) is 5.94. The molecule has 0 amide bonds. The van der Waals surface area contributed by atoms with Gasteiger partial charge >= 0.3 is 11.9 Å². The largest absolute Gasteiger partial charge is 0.416 e. The van der Waals surface area contributed by atoms with Crippen LogP contribution in [0.15, 0.2) is 34.0 Å². The minimum Gasteiger partial charge on any atom is -0.399 e. The number of nitrogens with two attached hydrogens (primary N) is 1. The van der Waals surface area contributed by atoms with Gasteiger partial charge in [-0.25, -0.2) is 4.79 Å². The van der Waals surface area contributed by atoms with Crippen molar-refractivity contribution in [3.63, 3.8) is 0 Å². The number of nitrogen functional groups attached to an aromatic ring is 1. The van der Waals surface area contributed by atoms with Crippen molar-refractivity contribution in [3.8, 4) is 0 Å². The Bertz CT molecular complexity index is 790. The lowest BCUT2D eigenvalue weighted by Gasteiger charge is -2.14. The molecule has 1 aromatic carbocycles. The van der Waals surface area contributed by atoms with Gasteiger partial charge in [-0.15, -0.1) is 0 Å². The van der Waals surface area contributed by atoms with Crippen LogP contribution in [0.5, 0.6) is 0 Å². The Kier molecular flexibility index (Phi) is 3.63. The van der Waals surface area contributed by atoms with Crippen LogP contribution >= 0.6 is 0 Å². The van der Waals surface area contributed by atoms with Crippen molar-refractivity contribution < 1.29 is 13.2 Å². The first-order valence-electron chi connectivity index (χ1n) is 5.94. The van der Waals surface area contributed by atoms with E-state index in [0.29, 0.717) is 0 Å². The van der Waals surface area contributed by atoms with Crippen molar-refractivity contribution >= 4 is 5.69 Å². The Balaban J connectivity index is 2.53. The van der Waals surface area contributed by atoms with Gasteiger partial charge in [0.15, 0.2) is 0 Å². The van der Waals surface area contributed by atoms with Crippen LogP contribution in [0.25, 0.3) is 0 Å².